The van der Waals surface area contributed by atoms with E-state index in [1.54, 1.807) is 25.3 Å². The van der Waals surface area contributed by atoms with Gasteiger partial charge in [-0.25, -0.2) is 18.1 Å². The molecule has 2 N–H and O–H groups in total. The maximum Gasteiger partial charge on any atom is 0.240 e. The Morgan fingerprint density at radius 3 is 2.63 bits per heavy atom. The summed E-state index contributed by atoms with van der Waals surface area (Å²) in [6.07, 6.45) is 3.58. The van der Waals surface area contributed by atoms with Crippen molar-refractivity contribution in [2.24, 2.45) is 0 Å². The van der Waals surface area contributed by atoms with Crippen LogP contribution in [0.2, 0.25) is 0 Å². The van der Waals surface area contributed by atoms with E-state index in [-0.39, 0.29) is 16.6 Å². The zero-order valence-corrected chi connectivity index (χ0v) is 18.9. The lowest BCUT2D eigenvalue weighted by atomic mass is 10.1. The summed E-state index contributed by atoms with van der Waals surface area (Å²) < 4.78 is 28.5. The SMILES string of the molecule is CNS(=O)(=O)c1cc(NC(=O)CSc2nccn2-c2cccc(C)c2C)ccc1C. The molecule has 7 nitrogen and oxygen atoms in total. The Bertz CT molecular complexity index is 1190. The number of aryl methyl sites for hydroxylation is 2. The number of rotatable bonds is 7. The van der Waals surface area contributed by atoms with Crippen LogP contribution in [0.15, 0.2) is 58.8 Å². The predicted molar refractivity (Wildman–Crippen MR) is 120 cm³/mol. The average Bonchev–Trinajstić information content (AvgIpc) is 3.18. The highest BCUT2D eigenvalue weighted by Crippen LogP contribution is 2.25. The third kappa shape index (κ3) is 4.75. The molecular formula is C21H24N4O3S2. The Hall–Kier alpha value is -2.62. The van der Waals surface area contributed by atoms with Gasteiger partial charge in [0.25, 0.3) is 0 Å². The molecule has 2 aromatic carbocycles. The molecule has 0 saturated carbocycles. The fraction of sp³-hybridized carbons (Fsp3) is 0.238. The molecule has 3 rings (SSSR count). The van der Waals surface area contributed by atoms with E-state index in [4.69, 9.17) is 0 Å². The number of carbonyl (C=O) groups excluding carboxylic acids is 1. The Balaban J connectivity index is 1.72. The maximum atomic E-state index is 12.5. The van der Waals surface area contributed by atoms with Crippen molar-refractivity contribution in [1.29, 1.82) is 0 Å². The van der Waals surface area contributed by atoms with Crippen LogP contribution in [0.25, 0.3) is 5.69 Å². The number of carbonyl (C=O) groups is 1. The predicted octanol–water partition coefficient (Wildman–Crippen LogP) is 3.44. The largest absolute Gasteiger partial charge is 0.325 e. The normalized spacial score (nSPS) is 11.5. The number of hydrogen-bond donors (Lipinski definition) is 2. The summed E-state index contributed by atoms with van der Waals surface area (Å²) in [4.78, 5) is 17.0. The minimum absolute atomic E-state index is 0.140. The van der Waals surface area contributed by atoms with Crippen LogP contribution >= 0.6 is 11.8 Å². The van der Waals surface area contributed by atoms with E-state index < -0.39 is 10.0 Å². The molecule has 9 heteroatoms. The molecule has 0 aliphatic rings. The summed E-state index contributed by atoms with van der Waals surface area (Å²) in [5.41, 5.74) is 4.39. The topological polar surface area (TPSA) is 93.1 Å². The maximum absolute atomic E-state index is 12.5. The molecule has 1 amide bonds. The summed E-state index contributed by atoms with van der Waals surface area (Å²) in [5.74, 6) is -0.101. The van der Waals surface area contributed by atoms with Gasteiger partial charge in [-0.05, 0) is 62.7 Å². The highest BCUT2D eigenvalue weighted by molar-refractivity contribution is 7.99. The lowest BCUT2D eigenvalue weighted by Gasteiger charge is -2.13. The number of thioether (sulfide) groups is 1. The molecule has 0 saturated heterocycles. The van der Waals surface area contributed by atoms with Gasteiger partial charge in [0, 0.05) is 18.1 Å². The molecule has 0 fully saturated rings. The van der Waals surface area contributed by atoms with Gasteiger partial charge in [-0.2, -0.15) is 0 Å². The molecule has 0 spiro atoms. The number of imidazole rings is 1. The van der Waals surface area contributed by atoms with Crippen LogP contribution in [-0.2, 0) is 14.8 Å². The summed E-state index contributed by atoms with van der Waals surface area (Å²) in [5, 5.41) is 3.47. The van der Waals surface area contributed by atoms with E-state index in [0.717, 1.165) is 11.3 Å². The van der Waals surface area contributed by atoms with Crippen molar-refractivity contribution < 1.29 is 13.2 Å². The molecule has 1 heterocycles. The number of amides is 1. The fourth-order valence-electron chi connectivity index (χ4n) is 2.98. The zero-order valence-electron chi connectivity index (χ0n) is 17.3. The molecule has 0 aliphatic carbocycles. The Morgan fingerprint density at radius 2 is 1.90 bits per heavy atom. The second-order valence-electron chi connectivity index (χ2n) is 6.82. The molecule has 0 bridgehead atoms. The van der Waals surface area contributed by atoms with Crippen molar-refractivity contribution in [3.63, 3.8) is 0 Å². The quantitative estimate of drug-likeness (QED) is 0.545. The minimum atomic E-state index is -3.60. The number of aromatic nitrogens is 2. The molecule has 1 aromatic heterocycles. The van der Waals surface area contributed by atoms with Gasteiger partial charge in [0.2, 0.25) is 15.9 Å². The van der Waals surface area contributed by atoms with Gasteiger partial charge in [-0.1, -0.05) is 30.0 Å². The Morgan fingerprint density at radius 1 is 1.13 bits per heavy atom. The highest BCUT2D eigenvalue weighted by atomic mass is 32.2. The molecule has 0 atom stereocenters. The second kappa shape index (κ2) is 9.03. The molecule has 30 heavy (non-hydrogen) atoms. The Kier molecular flexibility index (Phi) is 6.64. The number of benzene rings is 2. The summed E-state index contributed by atoms with van der Waals surface area (Å²) in [6.45, 7) is 5.82. The van der Waals surface area contributed by atoms with E-state index in [1.165, 1.54) is 30.4 Å². The van der Waals surface area contributed by atoms with Crippen molar-refractivity contribution in [3.8, 4) is 5.69 Å². The van der Waals surface area contributed by atoms with Crippen molar-refractivity contribution >= 4 is 33.4 Å². The van der Waals surface area contributed by atoms with Crippen LogP contribution in [-0.4, -0.2) is 36.7 Å². The van der Waals surface area contributed by atoms with E-state index in [2.05, 4.69) is 34.9 Å². The lowest BCUT2D eigenvalue weighted by molar-refractivity contribution is -0.113. The molecular weight excluding hydrogens is 420 g/mol. The highest BCUT2D eigenvalue weighted by Gasteiger charge is 2.16. The summed E-state index contributed by atoms with van der Waals surface area (Å²) in [7, 11) is -2.24. The molecule has 158 valence electrons. The number of nitrogens with zero attached hydrogens (tertiary/aromatic N) is 2. The van der Waals surface area contributed by atoms with Crippen molar-refractivity contribution in [1.82, 2.24) is 14.3 Å². The second-order valence-corrected chi connectivity index (χ2v) is 9.62. The van der Waals surface area contributed by atoms with E-state index in [0.29, 0.717) is 16.4 Å². The van der Waals surface area contributed by atoms with Crippen LogP contribution in [0.3, 0.4) is 0 Å². The standard InChI is InChI=1S/C21H24N4O3S2/c1-14-6-5-7-18(16(14)3)25-11-10-23-21(25)29-13-20(26)24-17-9-8-15(2)19(12-17)30(27,28)22-4/h5-12,22H,13H2,1-4H3,(H,24,26). The van der Waals surface area contributed by atoms with Gasteiger partial charge in [-0.3, -0.25) is 9.36 Å². The molecule has 0 radical (unpaired) electrons. The van der Waals surface area contributed by atoms with E-state index >= 15 is 0 Å². The summed E-state index contributed by atoms with van der Waals surface area (Å²) in [6, 6.07) is 10.9. The van der Waals surface area contributed by atoms with Crippen molar-refractivity contribution in [2.45, 2.75) is 30.8 Å². The summed E-state index contributed by atoms with van der Waals surface area (Å²) >= 11 is 1.32. The van der Waals surface area contributed by atoms with Gasteiger partial charge in [0.15, 0.2) is 5.16 Å². The average molecular weight is 445 g/mol. The first kappa shape index (κ1) is 22.1. The monoisotopic (exact) mass is 444 g/mol. The molecule has 0 aliphatic heterocycles. The van der Waals surface area contributed by atoms with Gasteiger partial charge >= 0.3 is 0 Å². The third-order valence-electron chi connectivity index (χ3n) is 4.80. The van der Waals surface area contributed by atoms with Gasteiger partial charge in [-0.15, -0.1) is 0 Å². The van der Waals surface area contributed by atoms with Gasteiger partial charge in [0.1, 0.15) is 0 Å². The van der Waals surface area contributed by atoms with Crippen molar-refractivity contribution in [3.05, 3.63) is 65.5 Å². The smallest absolute Gasteiger partial charge is 0.240 e. The van der Waals surface area contributed by atoms with Crippen LogP contribution in [0.4, 0.5) is 5.69 Å². The fourth-order valence-corrected chi connectivity index (χ4v) is 4.74. The lowest BCUT2D eigenvalue weighted by Crippen LogP contribution is -2.20. The first-order valence-electron chi connectivity index (χ1n) is 9.29. The zero-order chi connectivity index (χ0) is 21.9. The van der Waals surface area contributed by atoms with E-state index in [9.17, 15) is 13.2 Å². The van der Waals surface area contributed by atoms with Crippen LogP contribution < -0.4 is 10.0 Å². The Labute approximate surface area is 181 Å². The van der Waals surface area contributed by atoms with Gasteiger partial charge < -0.3 is 5.32 Å². The first-order valence-corrected chi connectivity index (χ1v) is 11.8. The van der Waals surface area contributed by atoms with Crippen LogP contribution in [0.5, 0.6) is 0 Å². The third-order valence-corrected chi connectivity index (χ3v) is 7.33. The molecule has 0 unspecified atom stereocenters. The number of sulfonamides is 1. The number of anilines is 1. The van der Waals surface area contributed by atoms with Crippen LogP contribution in [0, 0.1) is 20.8 Å². The van der Waals surface area contributed by atoms with Crippen LogP contribution in [0.1, 0.15) is 16.7 Å². The number of nitrogens with one attached hydrogen (secondary N) is 2. The van der Waals surface area contributed by atoms with Gasteiger partial charge in [0.05, 0.1) is 16.3 Å². The van der Waals surface area contributed by atoms with E-state index in [1.807, 2.05) is 22.9 Å². The first-order chi connectivity index (χ1) is 14.2. The number of hydrogen-bond acceptors (Lipinski definition) is 5. The molecule has 3 aromatic rings. The minimum Gasteiger partial charge on any atom is -0.325 e. The van der Waals surface area contributed by atoms with Crippen molar-refractivity contribution in [2.75, 3.05) is 18.1 Å².